The van der Waals surface area contributed by atoms with Crippen molar-refractivity contribution >= 4 is 29.1 Å². The van der Waals surface area contributed by atoms with Crippen LogP contribution in [0.1, 0.15) is 28.6 Å². The van der Waals surface area contributed by atoms with Crippen molar-refractivity contribution in [1.82, 2.24) is 15.1 Å². The fourth-order valence-corrected chi connectivity index (χ4v) is 3.94. The number of nitrogens with one attached hydrogen (secondary N) is 2. The van der Waals surface area contributed by atoms with Gasteiger partial charge in [-0.1, -0.05) is 60.1 Å². The van der Waals surface area contributed by atoms with Crippen LogP contribution < -0.4 is 10.6 Å². The number of benzene rings is 3. The van der Waals surface area contributed by atoms with Crippen molar-refractivity contribution in [3.8, 4) is 5.69 Å². The quantitative estimate of drug-likeness (QED) is 0.389. The Kier molecular flexibility index (Phi) is 7.09. The number of halogens is 1. The lowest BCUT2D eigenvalue weighted by Crippen LogP contribution is -2.37. The number of anilines is 1. The molecule has 2 N–H and O–H groups in total. The molecule has 0 saturated heterocycles. The van der Waals surface area contributed by atoms with Crippen molar-refractivity contribution in [2.45, 2.75) is 26.3 Å². The van der Waals surface area contributed by atoms with Crippen LogP contribution in [0.25, 0.3) is 5.69 Å². The molecular formula is C27H25ClN4O2. The third kappa shape index (κ3) is 5.35. The summed E-state index contributed by atoms with van der Waals surface area (Å²) in [5, 5.41) is 11.0. The van der Waals surface area contributed by atoms with Gasteiger partial charge in [0.05, 0.1) is 17.8 Å². The molecule has 172 valence electrons. The first kappa shape index (κ1) is 23.3. The number of carbonyl (C=O) groups excluding carboxylic acids is 2. The summed E-state index contributed by atoms with van der Waals surface area (Å²) in [6.07, 6.45) is 0.104. The summed E-state index contributed by atoms with van der Waals surface area (Å²) in [6.45, 7) is 3.80. The zero-order valence-electron chi connectivity index (χ0n) is 19.0. The maximum Gasteiger partial charge on any atom is 0.251 e. The van der Waals surface area contributed by atoms with Gasteiger partial charge >= 0.3 is 0 Å². The van der Waals surface area contributed by atoms with E-state index in [1.165, 1.54) is 0 Å². The van der Waals surface area contributed by atoms with E-state index in [4.69, 9.17) is 11.6 Å². The van der Waals surface area contributed by atoms with Gasteiger partial charge in [-0.3, -0.25) is 9.59 Å². The molecule has 34 heavy (non-hydrogen) atoms. The Balaban J connectivity index is 1.54. The normalized spacial score (nSPS) is 11.6. The number of hydrogen-bond acceptors (Lipinski definition) is 3. The summed E-state index contributed by atoms with van der Waals surface area (Å²) < 4.78 is 1.80. The fourth-order valence-electron chi connectivity index (χ4n) is 3.82. The Labute approximate surface area is 203 Å². The van der Waals surface area contributed by atoms with E-state index >= 15 is 0 Å². The van der Waals surface area contributed by atoms with Gasteiger partial charge in [0.25, 0.3) is 5.91 Å². The molecule has 1 heterocycles. The highest BCUT2D eigenvalue weighted by molar-refractivity contribution is 6.30. The van der Waals surface area contributed by atoms with E-state index < -0.39 is 6.04 Å². The second-order valence-electron chi connectivity index (χ2n) is 7.98. The van der Waals surface area contributed by atoms with Gasteiger partial charge in [0, 0.05) is 22.0 Å². The maximum atomic E-state index is 13.1. The van der Waals surface area contributed by atoms with Crippen LogP contribution in [0, 0.1) is 13.8 Å². The number of para-hydroxylation sites is 1. The Hall–Kier alpha value is -3.90. The molecule has 1 atom stereocenters. The van der Waals surface area contributed by atoms with E-state index in [0.717, 1.165) is 22.6 Å². The van der Waals surface area contributed by atoms with E-state index in [1.807, 2.05) is 74.5 Å². The van der Waals surface area contributed by atoms with Crippen LogP contribution in [0.3, 0.4) is 0 Å². The number of carbonyl (C=O) groups is 2. The summed E-state index contributed by atoms with van der Waals surface area (Å²) in [7, 11) is 0. The molecule has 0 aliphatic carbocycles. The molecule has 0 bridgehead atoms. The molecule has 1 aromatic heterocycles. The van der Waals surface area contributed by atoms with E-state index in [1.54, 1.807) is 28.9 Å². The molecule has 0 aliphatic heterocycles. The third-order valence-electron chi connectivity index (χ3n) is 5.59. The molecule has 6 nitrogen and oxygen atoms in total. The molecule has 0 spiro atoms. The van der Waals surface area contributed by atoms with Crippen LogP contribution in [0.15, 0.2) is 84.9 Å². The van der Waals surface area contributed by atoms with Crippen LogP contribution in [0.2, 0.25) is 5.02 Å². The van der Waals surface area contributed by atoms with Crippen LogP contribution in [-0.4, -0.2) is 21.6 Å². The molecule has 0 aliphatic rings. The minimum Gasteiger partial charge on any atom is -0.340 e. The average Bonchev–Trinajstić information content (AvgIpc) is 3.12. The van der Waals surface area contributed by atoms with Crippen LogP contribution in [-0.2, 0) is 16.0 Å². The molecule has 7 heteroatoms. The number of hydrogen-bond donors (Lipinski definition) is 2. The molecule has 3 aromatic carbocycles. The van der Waals surface area contributed by atoms with E-state index in [0.29, 0.717) is 16.3 Å². The molecule has 0 fully saturated rings. The van der Waals surface area contributed by atoms with Gasteiger partial charge in [-0.15, -0.1) is 0 Å². The van der Waals surface area contributed by atoms with Gasteiger partial charge in [0.15, 0.2) is 0 Å². The fraction of sp³-hybridized carbons (Fsp3) is 0.148. The largest absolute Gasteiger partial charge is 0.340 e. The van der Waals surface area contributed by atoms with Crippen molar-refractivity contribution in [3.63, 3.8) is 0 Å². The second-order valence-corrected chi connectivity index (χ2v) is 8.42. The zero-order chi connectivity index (χ0) is 24.1. The smallest absolute Gasteiger partial charge is 0.251 e. The van der Waals surface area contributed by atoms with E-state index in [-0.39, 0.29) is 18.2 Å². The second kappa shape index (κ2) is 10.4. The Morgan fingerprint density at radius 1 is 0.912 bits per heavy atom. The highest BCUT2D eigenvalue weighted by Gasteiger charge is 2.24. The van der Waals surface area contributed by atoms with Crippen LogP contribution in [0.5, 0.6) is 0 Å². The number of nitrogens with zero attached hydrogens (tertiary/aromatic N) is 2. The standard InChI is InChI=1S/C27H25ClN4O2/c1-18-24(19(2)32(31-18)23-15-13-21(28)14-16-23)17-25(33)30-26(20-9-5-3-6-10-20)27(34)29-22-11-7-4-8-12-22/h3-16,26H,17H2,1-2H3,(H,29,34)(H,30,33). The molecule has 4 aromatic rings. The number of rotatable bonds is 7. The van der Waals surface area contributed by atoms with Gasteiger partial charge < -0.3 is 10.6 Å². The van der Waals surface area contributed by atoms with Crippen molar-refractivity contribution in [3.05, 3.63) is 112 Å². The molecule has 0 radical (unpaired) electrons. The van der Waals surface area contributed by atoms with E-state index in [2.05, 4.69) is 15.7 Å². The predicted octanol–water partition coefficient (Wildman–Crippen LogP) is 5.18. The minimum absolute atomic E-state index is 0.104. The molecule has 2 amide bonds. The topological polar surface area (TPSA) is 76.0 Å². The summed E-state index contributed by atoms with van der Waals surface area (Å²) >= 11 is 6.00. The molecular weight excluding hydrogens is 448 g/mol. The van der Waals surface area contributed by atoms with Gasteiger partial charge in [0.1, 0.15) is 6.04 Å². The molecule has 1 unspecified atom stereocenters. The van der Waals surface area contributed by atoms with Crippen LogP contribution >= 0.6 is 11.6 Å². The van der Waals surface area contributed by atoms with Crippen molar-refractivity contribution < 1.29 is 9.59 Å². The average molecular weight is 473 g/mol. The predicted molar refractivity (Wildman–Crippen MR) is 134 cm³/mol. The first-order valence-electron chi connectivity index (χ1n) is 10.9. The Morgan fingerprint density at radius 2 is 1.53 bits per heavy atom. The summed E-state index contributed by atoms with van der Waals surface area (Å²) in [5.41, 5.74) is 4.67. The number of aryl methyl sites for hydroxylation is 1. The lowest BCUT2D eigenvalue weighted by Gasteiger charge is -2.19. The van der Waals surface area contributed by atoms with E-state index in [9.17, 15) is 9.59 Å². The van der Waals surface area contributed by atoms with Gasteiger partial charge in [0.2, 0.25) is 5.91 Å². The van der Waals surface area contributed by atoms with Crippen molar-refractivity contribution in [1.29, 1.82) is 0 Å². The monoisotopic (exact) mass is 472 g/mol. The molecule has 4 rings (SSSR count). The first-order valence-corrected chi connectivity index (χ1v) is 11.3. The third-order valence-corrected chi connectivity index (χ3v) is 5.84. The Morgan fingerprint density at radius 3 is 2.18 bits per heavy atom. The van der Waals surface area contributed by atoms with Gasteiger partial charge in [-0.05, 0) is 55.8 Å². The SMILES string of the molecule is Cc1nn(-c2ccc(Cl)cc2)c(C)c1CC(=O)NC(C(=O)Nc1ccccc1)c1ccccc1. The lowest BCUT2D eigenvalue weighted by atomic mass is 10.0. The van der Waals surface area contributed by atoms with Gasteiger partial charge in [-0.2, -0.15) is 5.10 Å². The van der Waals surface area contributed by atoms with Crippen LogP contribution in [0.4, 0.5) is 5.69 Å². The zero-order valence-corrected chi connectivity index (χ0v) is 19.7. The molecule has 0 saturated carbocycles. The van der Waals surface area contributed by atoms with Crippen molar-refractivity contribution in [2.75, 3.05) is 5.32 Å². The lowest BCUT2D eigenvalue weighted by molar-refractivity contribution is -0.126. The number of amides is 2. The Bertz CT molecular complexity index is 1290. The highest BCUT2D eigenvalue weighted by atomic mass is 35.5. The minimum atomic E-state index is -0.833. The maximum absolute atomic E-state index is 13.1. The summed E-state index contributed by atoms with van der Waals surface area (Å²) in [6, 6.07) is 24.9. The summed E-state index contributed by atoms with van der Waals surface area (Å²) in [4.78, 5) is 26.2. The van der Waals surface area contributed by atoms with Gasteiger partial charge in [-0.25, -0.2) is 4.68 Å². The van der Waals surface area contributed by atoms with Crippen molar-refractivity contribution in [2.24, 2.45) is 0 Å². The first-order chi connectivity index (χ1) is 16.4. The number of aromatic nitrogens is 2. The highest BCUT2D eigenvalue weighted by Crippen LogP contribution is 2.21. The summed E-state index contributed by atoms with van der Waals surface area (Å²) in [5.74, 6) is -0.574.